The maximum Gasteiger partial charge on any atom is 0.255 e. The average molecular weight is 324 g/mol. The summed E-state index contributed by atoms with van der Waals surface area (Å²) in [6.07, 6.45) is 0.839. The molecule has 0 bridgehead atoms. The monoisotopic (exact) mass is 324 g/mol. The van der Waals surface area contributed by atoms with E-state index in [0.29, 0.717) is 29.3 Å². The lowest BCUT2D eigenvalue weighted by molar-refractivity contribution is -0.116. The molecular formula is C18H16N2O4. The summed E-state index contributed by atoms with van der Waals surface area (Å²) in [7, 11) is 0. The predicted molar refractivity (Wildman–Crippen MR) is 88.7 cm³/mol. The first-order valence-electron chi connectivity index (χ1n) is 7.74. The van der Waals surface area contributed by atoms with Gasteiger partial charge in [0, 0.05) is 30.4 Å². The van der Waals surface area contributed by atoms with Crippen molar-refractivity contribution in [3.8, 4) is 11.5 Å². The summed E-state index contributed by atoms with van der Waals surface area (Å²) in [6, 6.07) is 10.7. The van der Waals surface area contributed by atoms with Crippen molar-refractivity contribution in [1.82, 2.24) is 0 Å². The molecule has 122 valence electrons. The lowest BCUT2D eigenvalue weighted by Crippen LogP contribution is -2.25. The topological polar surface area (TPSA) is 67.9 Å². The number of carbonyl (C=O) groups excluding carboxylic acids is 2. The van der Waals surface area contributed by atoms with Crippen molar-refractivity contribution in [3.63, 3.8) is 0 Å². The van der Waals surface area contributed by atoms with E-state index in [1.165, 1.54) is 0 Å². The van der Waals surface area contributed by atoms with E-state index in [2.05, 4.69) is 5.32 Å². The Labute approximate surface area is 139 Å². The average Bonchev–Trinajstić information content (AvgIpc) is 3.20. The van der Waals surface area contributed by atoms with E-state index in [1.807, 2.05) is 18.2 Å². The maximum atomic E-state index is 12.4. The summed E-state index contributed by atoms with van der Waals surface area (Å²) in [5.74, 6) is 0.981. The normalized spacial score (nSPS) is 14.5. The molecule has 2 aromatic carbocycles. The molecule has 2 aliphatic rings. The summed E-state index contributed by atoms with van der Waals surface area (Å²) in [4.78, 5) is 25.9. The first kappa shape index (κ1) is 14.6. The molecule has 6 nitrogen and oxygen atoms in total. The number of fused-ring (bicyclic) bond motifs is 2. The van der Waals surface area contributed by atoms with Crippen LogP contribution in [0.4, 0.5) is 11.4 Å². The van der Waals surface area contributed by atoms with Gasteiger partial charge in [-0.05, 0) is 42.3 Å². The second-order valence-corrected chi connectivity index (χ2v) is 5.79. The minimum atomic E-state index is -0.236. The molecule has 0 radical (unpaired) electrons. The molecule has 24 heavy (non-hydrogen) atoms. The second kappa shape index (κ2) is 5.56. The van der Waals surface area contributed by atoms with Crippen molar-refractivity contribution in [3.05, 3.63) is 47.5 Å². The Kier molecular flexibility index (Phi) is 3.37. The van der Waals surface area contributed by atoms with Gasteiger partial charge < -0.3 is 19.7 Å². The Morgan fingerprint density at radius 1 is 1.08 bits per heavy atom. The molecular weight excluding hydrogens is 308 g/mol. The number of ether oxygens (including phenoxy) is 2. The number of rotatable bonds is 2. The smallest absolute Gasteiger partial charge is 0.255 e. The van der Waals surface area contributed by atoms with Crippen LogP contribution in [0, 0.1) is 0 Å². The number of amides is 2. The van der Waals surface area contributed by atoms with E-state index in [0.717, 1.165) is 17.7 Å². The Balaban J connectivity index is 1.56. The van der Waals surface area contributed by atoms with E-state index < -0.39 is 0 Å². The van der Waals surface area contributed by atoms with Crippen molar-refractivity contribution >= 4 is 23.2 Å². The van der Waals surface area contributed by atoms with Crippen molar-refractivity contribution in [2.75, 3.05) is 23.6 Å². The van der Waals surface area contributed by atoms with Crippen molar-refractivity contribution in [2.24, 2.45) is 0 Å². The largest absolute Gasteiger partial charge is 0.454 e. The van der Waals surface area contributed by atoms with Gasteiger partial charge in [0.2, 0.25) is 12.7 Å². The van der Waals surface area contributed by atoms with E-state index in [1.54, 1.807) is 30.0 Å². The number of hydrogen-bond acceptors (Lipinski definition) is 4. The SMILES string of the molecule is CC(=O)N1CCc2ccc(NC(=O)c3ccc4c(c3)OCO4)cc21. The van der Waals surface area contributed by atoms with Crippen LogP contribution in [0.3, 0.4) is 0 Å². The summed E-state index contributed by atoms with van der Waals surface area (Å²) < 4.78 is 10.5. The third-order valence-corrected chi connectivity index (χ3v) is 4.25. The van der Waals surface area contributed by atoms with E-state index in [4.69, 9.17) is 9.47 Å². The van der Waals surface area contributed by atoms with Gasteiger partial charge >= 0.3 is 0 Å². The van der Waals surface area contributed by atoms with Gasteiger partial charge in [-0.3, -0.25) is 9.59 Å². The molecule has 2 aliphatic heterocycles. The highest BCUT2D eigenvalue weighted by molar-refractivity contribution is 6.05. The lowest BCUT2D eigenvalue weighted by atomic mass is 10.1. The van der Waals surface area contributed by atoms with Crippen LogP contribution in [0.25, 0.3) is 0 Å². The first-order chi connectivity index (χ1) is 11.6. The van der Waals surface area contributed by atoms with Crippen molar-refractivity contribution in [1.29, 1.82) is 0 Å². The maximum absolute atomic E-state index is 12.4. The summed E-state index contributed by atoms with van der Waals surface area (Å²) >= 11 is 0. The molecule has 0 fully saturated rings. The highest BCUT2D eigenvalue weighted by Gasteiger charge is 2.23. The Morgan fingerprint density at radius 3 is 2.75 bits per heavy atom. The van der Waals surface area contributed by atoms with Crippen molar-refractivity contribution < 1.29 is 19.1 Å². The summed E-state index contributed by atoms with van der Waals surface area (Å²) in [6.45, 7) is 2.41. The van der Waals surface area contributed by atoms with E-state index in [-0.39, 0.29) is 18.6 Å². The summed E-state index contributed by atoms with van der Waals surface area (Å²) in [5.41, 5.74) is 3.13. The molecule has 2 amide bonds. The van der Waals surface area contributed by atoms with Crippen LogP contribution in [0.5, 0.6) is 11.5 Å². The van der Waals surface area contributed by atoms with Gasteiger partial charge in [-0.25, -0.2) is 0 Å². The Morgan fingerprint density at radius 2 is 1.92 bits per heavy atom. The zero-order valence-electron chi connectivity index (χ0n) is 13.2. The predicted octanol–water partition coefficient (Wildman–Crippen LogP) is 2.58. The number of benzene rings is 2. The van der Waals surface area contributed by atoms with E-state index >= 15 is 0 Å². The number of nitrogens with one attached hydrogen (secondary N) is 1. The molecule has 0 unspecified atom stereocenters. The third-order valence-electron chi connectivity index (χ3n) is 4.25. The lowest BCUT2D eigenvalue weighted by Gasteiger charge is -2.16. The fourth-order valence-electron chi connectivity index (χ4n) is 3.03. The molecule has 1 N–H and O–H groups in total. The molecule has 2 aromatic rings. The van der Waals surface area contributed by atoms with Gasteiger partial charge in [0.15, 0.2) is 11.5 Å². The first-order valence-corrected chi connectivity index (χ1v) is 7.74. The van der Waals surface area contributed by atoms with Crippen LogP contribution in [0.1, 0.15) is 22.8 Å². The van der Waals surface area contributed by atoms with Crippen LogP contribution < -0.4 is 19.7 Å². The molecule has 6 heteroatoms. The molecule has 0 aromatic heterocycles. The molecule has 4 rings (SSSR count). The number of carbonyl (C=O) groups is 2. The van der Waals surface area contributed by atoms with E-state index in [9.17, 15) is 9.59 Å². The highest BCUT2D eigenvalue weighted by Crippen LogP contribution is 2.33. The van der Waals surface area contributed by atoms with Crippen LogP contribution >= 0.6 is 0 Å². The highest BCUT2D eigenvalue weighted by atomic mass is 16.7. The standard InChI is InChI=1S/C18H16N2O4/c1-11(21)20-7-6-12-2-4-14(9-15(12)20)19-18(22)13-3-5-16-17(8-13)24-10-23-16/h2-5,8-9H,6-7,10H2,1H3,(H,19,22). The molecule has 0 saturated carbocycles. The molecule has 0 saturated heterocycles. The Bertz CT molecular complexity index is 847. The Hall–Kier alpha value is -3.02. The fraction of sp³-hybridized carbons (Fsp3) is 0.222. The van der Waals surface area contributed by atoms with Crippen LogP contribution in [-0.4, -0.2) is 25.2 Å². The molecule has 0 spiro atoms. The van der Waals surface area contributed by atoms with Crippen LogP contribution in [-0.2, 0) is 11.2 Å². The third kappa shape index (κ3) is 2.46. The van der Waals surface area contributed by atoms with Gasteiger partial charge in [0.25, 0.3) is 5.91 Å². The summed E-state index contributed by atoms with van der Waals surface area (Å²) in [5, 5.41) is 2.87. The fourth-order valence-corrected chi connectivity index (χ4v) is 3.03. The molecule has 2 heterocycles. The second-order valence-electron chi connectivity index (χ2n) is 5.79. The molecule has 0 aliphatic carbocycles. The minimum absolute atomic E-state index is 0.00741. The number of anilines is 2. The van der Waals surface area contributed by atoms with Gasteiger partial charge in [-0.1, -0.05) is 6.07 Å². The van der Waals surface area contributed by atoms with Gasteiger partial charge in [-0.2, -0.15) is 0 Å². The van der Waals surface area contributed by atoms with Crippen molar-refractivity contribution in [2.45, 2.75) is 13.3 Å². The molecule has 0 atom stereocenters. The van der Waals surface area contributed by atoms with Gasteiger partial charge in [0.05, 0.1) is 0 Å². The number of hydrogen-bond donors (Lipinski definition) is 1. The number of nitrogens with zero attached hydrogens (tertiary/aromatic N) is 1. The van der Waals surface area contributed by atoms with Gasteiger partial charge in [0.1, 0.15) is 0 Å². The van der Waals surface area contributed by atoms with Crippen LogP contribution in [0.15, 0.2) is 36.4 Å². The van der Waals surface area contributed by atoms with Crippen LogP contribution in [0.2, 0.25) is 0 Å². The quantitative estimate of drug-likeness (QED) is 0.922. The zero-order valence-corrected chi connectivity index (χ0v) is 13.2. The zero-order chi connectivity index (χ0) is 16.7. The minimum Gasteiger partial charge on any atom is -0.454 e. The van der Waals surface area contributed by atoms with Gasteiger partial charge in [-0.15, -0.1) is 0 Å².